The maximum absolute atomic E-state index is 12.2. The van der Waals surface area contributed by atoms with Crippen LogP contribution in [0.4, 0.5) is 5.69 Å². The number of nitrogens with one attached hydrogen (secondary N) is 1. The maximum atomic E-state index is 12.2. The minimum atomic E-state index is -0.606. The Morgan fingerprint density at radius 3 is 2.50 bits per heavy atom. The predicted octanol–water partition coefficient (Wildman–Crippen LogP) is 3.45. The highest BCUT2D eigenvalue weighted by Crippen LogP contribution is 2.28. The molecular formula is C20H23NO5. The van der Waals surface area contributed by atoms with E-state index in [0.29, 0.717) is 18.1 Å². The van der Waals surface area contributed by atoms with Gasteiger partial charge in [-0.15, -0.1) is 0 Å². The molecule has 1 N–H and O–H groups in total. The zero-order valence-corrected chi connectivity index (χ0v) is 15.2. The standard InChI is InChI=1S/C20H23NO5/c1-4-14-8-6-7-9-16(14)21-19(22)13-26-20(23)15-10-11-17(25-5-2)18(12-15)24-3/h6-12H,4-5,13H2,1-3H3,(H,21,22). The Hall–Kier alpha value is -3.02. The summed E-state index contributed by atoms with van der Waals surface area (Å²) in [5.74, 6) is -0.0227. The number of carbonyl (C=O) groups excluding carboxylic acids is 2. The molecule has 0 heterocycles. The summed E-state index contributed by atoms with van der Waals surface area (Å²) >= 11 is 0. The normalized spacial score (nSPS) is 10.1. The van der Waals surface area contributed by atoms with Gasteiger partial charge >= 0.3 is 5.97 Å². The van der Waals surface area contributed by atoms with E-state index in [9.17, 15) is 9.59 Å². The number of rotatable bonds is 8. The van der Waals surface area contributed by atoms with Gasteiger partial charge in [0.05, 0.1) is 19.3 Å². The van der Waals surface area contributed by atoms with E-state index < -0.39 is 11.9 Å². The molecule has 26 heavy (non-hydrogen) atoms. The molecule has 0 aliphatic rings. The number of benzene rings is 2. The molecule has 2 aromatic carbocycles. The number of carbonyl (C=O) groups is 2. The molecule has 0 fully saturated rings. The first-order valence-corrected chi connectivity index (χ1v) is 8.44. The first-order chi connectivity index (χ1) is 12.6. The highest BCUT2D eigenvalue weighted by Gasteiger charge is 2.14. The Kier molecular flexibility index (Phi) is 7.02. The summed E-state index contributed by atoms with van der Waals surface area (Å²) in [4.78, 5) is 24.2. The molecule has 0 unspecified atom stereocenters. The number of aryl methyl sites for hydroxylation is 1. The lowest BCUT2D eigenvalue weighted by Crippen LogP contribution is -2.21. The van der Waals surface area contributed by atoms with Crippen molar-refractivity contribution in [3.8, 4) is 11.5 Å². The summed E-state index contributed by atoms with van der Waals surface area (Å²) in [5.41, 5.74) is 2.02. The lowest BCUT2D eigenvalue weighted by Gasteiger charge is -2.12. The molecule has 6 heteroatoms. The van der Waals surface area contributed by atoms with Crippen LogP contribution in [0, 0.1) is 0 Å². The van der Waals surface area contributed by atoms with E-state index in [2.05, 4.69) is 5.32 Å². The Balaban J connectivity index is 1.96. The molecule has 0 radical (unpaired) electrons. The molecule has 0 spiro atoms. The second kappa shape index (κ2) is 9.46. The SMILES string of the molecule is CCOc1ccc(C(=O)OCC(=O)Nc2ccccc2CC)cc1OC. The number of ether oxygens (including phenoxy) is 3. The lowest BCUT2D eigenvalue weighted by atomic mass is 10.1. The molecule has 6 nitrogen and oxygen atoms in total. The number of hydrogen-bond acceptors (Lipinski definition) is 5. The highest BCUT2D eigenvalue weighted by molar-refractivity contribution is 5.96. The summed E-state index contributed by atoms with van der Waals surface area (Å²) in [5, 5.41) is 2.76. The third-order valence-electron chi connectivity index (χ3n) is 3.71. The first-order valence-electron chi connectivity index (χ1n) is 8.44. The minimum Gasteiger partial charge on any atom is -0.493 e. The van der Waals surface area contributed by atoms with Gasteiger partial charge in [-0.1, -0.05) is 25.1 Å². The third kappa shape index (κ3) is 4.99. The zero-order chi connectivity index (χ0) is 18.9. The van der Waals surface area contributed by atoms with Crippen LogP contribution in [0.2, 0.25) is 0 Å². The molecular weight excluding hydrogens is 334 g/mol. The zero-order valence-electron chi connectivity index (χ0n) is 15.2. The molecule has 0 bridgehead atoms. The largest absolute Gasteiger partial charge is 0.493 e. The summed E-state index contributed by atoms with van der Waals surface area (Å²) in [6.45, 7) is 3.98. The van der Waals surface area contributed by atoms with Crippen molar-refractivity contribution in [1.82, 2.24) is 0 Å². The van der Waals surface area contributed by atoms with Crippen LogP contribution in [-0.4, -0.2) is 32.2 Å². The smallest absolute Gasteiger partial charge is 0.338 e. The van der Waals surface area contributed by atoms with Crippen molar-refractivity contribution in [2.24, 2.45) is 0 Å². The van der Waals surface area contributed by atoms with Crippen LogP contribution in [0.3, 0.4) is 0 Å². The number of para-hydroxylation sites is 1. The van der Waals surface area contributed by atoms with Crippen molar-refractivity contribution in [2.75, 3.05) is 25.6 Å². The topological polar surface area (TPSA) is 73.9 Å². The summed E-state index contributed by atoms with van der Waals surface area (Å²) in [6, 6.07) is 12.2. The van der Waals surface area contributed by atoms with Crippen molar-refractivity contribution in [2.45, 2.75) is 20.3 Å². The maximum Gasteiger partial charge on any atom is 0.338 e. The Labute approximate surface area is 153 Å². The summed E-state index contributed by atoms with van der Waals surface area (Å²) < 4.78 is 15.7. The Morgan fingerprint density at radius 1 is 1.04 bits per heavy atom. The van der Waals surface area contributed by atoms with Gasteiger partial charge in [-0.05, 0) is 43.2 Å². The number of amides is 1. The minimum absolute atomic E-state index is 0.284. The van der Waals surface area contributed by atoms with Gasteiger partial charge in [-0.25, -0.2) is 4.79 Å². The van der Waals surface area contributed by atoms with Crippen LogP contribution in [0.25, 0.3) is 0 Å². The quantitative estimate of drug-likeness (QED) is 0.733. The van der Waals surface area contributed by atoms with E-state index in [-0.39, 0.29) is 12.2 Å². The van der Waals surface area contributed by atoms with Crippen molar-refractivity contribution in [3.05, 3.63) is 53.6 Å². The van der Waals surface area contributed by atoms with Crippen LogP contribution < -0.4 is 14.8 Å². The number of anilines is 1. The van der Waals surface area contributed by atoms with E-state index in [0.717, 1.165) is 17.7 Å². The average molecular weight is 357 g/mol. The Bertz CT molecular complexity index is 773. The number of hydrogen-bond donors (Lipinski definition) is 1. The van der Waals surface area contributed by atoms with Gasteiger partial charge in [0.1, 0.15) is 0 Å². The van der Waals surface area contributed by atoms with E-state index in [1.807, 2.05) is 38.1 Å². The van der Waals surface area contributed by atoms with Crippen LogP contribution in [0.1, 0.15) is 29.8 Å². The van der Waals surface area contributed by atoms with E-state index in [4.69, 9.17) is 14.2 Å². The van der Waals surface area contributed by atoms with E-state index in [1.165, 1.54) is 13.2 Å². The summed E-state index contributed by atoms with van der Waals surface area (Å²) in [6.07, 6.45) is 0.794. The van der Waals surface area contributed by atoms with Crippen molar-refractivity contribution in [3.63, 3.8) is 0 Å². The van der Waals surface area contributed by atoms with Crippen molar-refractivity contribution >= 4 is 17.6 Å². The molecule has 2 rings (SSSR count). The van der Waals surface area contributed by atoms with Gasteiger partial charge < -0.3 is 19.5 Å². The molecule has 0 aliphatic carbocycles. The second-order valence-corrected chi connectivity index (χ2v) is 5.43. The van der Waals surface area contributed by atoms with Crippen LogP contribution in [0.15, 0.2) is 42.5 Å². The summed E-state index contributed by atoms with van der Waals surface area (Å²) in [7, 11) is 1.49. The van der Waals surface area contributed by atoms with Crippen molar-refractivity contribution in [1.29, 1.82) is 0 Å². The fraction of sp³-hybridized carbons (Fsp3) is 0.300. The molecule has 2 aromatic rings. The van der Waals surface area contributed by atoms with Gasteiger partial charge in [-0.3, -0.25) is 4.79 Å². The molecule has 0 aliphatic heterocycles. The Morgan fingerprint density at radius 2 is 1.81 bits per heavy atom. The van der Waals surface area contributed by atoms with Crippen LogP contribution >= 0.6 is 0 Å². The van der Waals surface area contributed by atoms with Crippen LogP contribution in [-0.2, 0) is 16.0 Å². The fourth-order valence-electron chi connectivity index (χ4n) is 2.42. The monoisotopic (exact) mass is 357 g/mol. The van der Waals surface area contributed by atoms with E-state index >= 15 is 0 Å². The molecule has 0 saturated carbocycles. The molecule has 138 valence electrons. The first kappa shape index (κ1) is 19.3. The predicted molar refractivity (Wildman–Crippen MR) is 98.9 cm³/mol. The third-order valence-corrected chi connectivity index (χ3v) is 3.71. The van der Waals surface area contributed by atoms with Gasteiger partial charge in [0.2, 0.25) is 0 Å². The molecule has 0 atom stereocenters. The number of esters is 1. The van der Waals surface area contributed by atoms with Gasteiger partial charge in [0.15, 0.2) is 18.1 Å². The van der Waals surface area contributed by atoms with E-state index in [1.54, 1.807) is 12.1 Å². The van der Waals surface area contributed by atoms with Crippen LogP contribution in [0.5, 0.6) is 11.5 Å². The van der Waals surface area contributed by atoms with Crippen molar-refractivity contribution < 1.29 is 23.8 Å². The molecule has 0 saturated heterocycles. The van der Waals surface area contributed by atoms with Gasteiger partial charge in [0.25, 0.3) is 5.91 Å². The molecule has 0 aromatic heterocycles. The van der Waals surface area contributed by atoms with Gasteiger partial charge in [-0.2, -0.15) is 0 Å². The highest BCUT2D eigenvalue weighted by atomic mass is 16.5. The fourth-order valence-corrected chi connectivity index (χ4v) is 2.42. The lowest BCUT2D eigenvalue weighted by molar-refractivity contribution is -0.119. The average Bonchev–Trinajstić information content (AvgIpc) is 2.67. The number of methoxy groups -OCH3 is 1. The van der Waals surface area contributed by atoms with Gasteiger partial charge in [0, 0.05) is 5.69 Å². The molecule has 1 amide bonds. The second-order valence-electron chi connectivity index (χ2n) is 5.43.